The number of nitrogens with zero attached hydrogens (tertiary/aromatic N) is 1. The number of nitrogens with two attached hydrogens (primary N) is 1. The van der Waals surface area contributed by atoms with Crippen molar-refractivity contribution in [3.05, 3.63) is 23.8 Å². The van der Waals surface area contributed by atoms with E-state index >= 15 is 0 Å². The minimum Gasteiger partial charge on any atom is -0.399 e. The molecule has 0 saturated carbocycles. The molecule has 0 unspecified atom stereocenters. The molecule has 0 spiro atoms. The van der Waals surface area contributed by atoms with Crippen LogP contribution < -0.4 is 5.73 Å². The Morgan fingerprint density at radius 3 is 2.81 bits per heavy atom. The predicted molar refractivity (Wildman–Crippen MR) is 60.1 cm³/mol. The number of aryl methyl sites for hydroxylation is 1. The van der Waals surface area contributed by atoms with Gasteiger partial charge >= 0.3 is 0 Å². The number of hydrogen-bond donors (Lipinski definition) is 1. The quantitative estimate of drug-likeness (QED) is 0.782. The van der Waals surface area contributed by atoms with Crippen LogP contribution in [0.25, 0.3) is 0 Å². The second-order valence-electron chi connectivity index (χ2n) is 3.74. The summed E-state index contributed by atoms with van der Waals surface area (Å²) in [5, 5.41) is 0. The number of anilines is 1. The second-order valence-corrected chi connectivity index (χ2v) is 5.54. The lowest BCUT2D eigenvalue weighted by atomic mass is 10.2. The summed E-state index contributed by atoms with van der Waals surface area (Å²) >= 11 is 0. The Labute approximate surface area is 94.8 Å². The molecule has 5 nitrogen and oxygen atoms in total. The normalized spacial score (nSPS) is 17.8. The van der Waals surface area contributed by atoms with Gasteiger partial charge in [-0.05, 0) is 31.0 Å². The Hall–Kier alpha value is -1.11. The highest BCUT2D eigenvalue weighted by Gasteiger charge is 2.29. The van der Waals surface area contributed by atoms with Gasteiger partial charge < -0.3 is 5.73 Å². The summed E-state index contributed by atoms with van der Waals surface area (Å²) in [6.07, 6.45) is 0.723. The zero-order valence-electron chi connectivity index (χ0n) is 9.01. The summed E-state index contributed by atoms with van der Waals surface area (Å²) in [5.74, 6) is 0. The Bertz CT molecular complexity index is 493. The van der Waals surface area contributed by atoms with E-state index in [1.165, 1.54) is 6.07 Å². The summed E-state index contributed by atoms with van der Waals surface area (Å²) in [4.78, 5) is 5.29. The third-order valence-corrected chi connectivity index (χ3v) is 4.30. The van der Waals surface area contributed by atoms with Gasteiger partial charge in [0.15, 0.2) is 0 Å². The zero-order chi connectivity index (χ0) is 11.8. The van der Waals surface area contributed by atoms with Gasteiger partial charge in [-0.1, -0.05) is 10.5 Å². The van der Waals surface area contributed by atoms with Crippen molar-refractivity contribution in [3.63, 3.8) is 0 Å². The van der Waals surface area contributed by atoms with Crippen LogP contribution >= 0.6 is 0 Å². The SMILES string of the molecule is Cc1ccc(N)cc1S(=O)(=O)N1CCCO1. The molecule has 0 aliphatic carbocycles. The molecule has 6 heteroatoms. The van der Waals surface area contributed by atoms with Crippen LogP contribution in [0.4, 0.5) is 5.69 Å². The Kier molecular flexibility index (Phi) is 2.88. The fourth-order valence-corrected chi connectivity index (χ4v) is 3.18. The molecule has 0 aromatic heterocycles. The molecule has 1 aliphatic rings. The number of hydroxylamine groups is 1. The van der Waals surface area contributed by atoms with Crippen LogP contribution in [0.1, 0.15) is 12.0 Å². The molecule has 0 radical (unpaired) electrons. The van der Waals surface area contributed by atoms with E-state index < -0.39 is 10.0 Å². The molecule has 16 heavy (non-hydrogen) atoms. The Morgan fingerprint density at radius 2 is 2.19 bits per heavy atom. The predicted octanol–water partition coefficient (Wildman–Crippen LogP) is 0.903. The van der Waals surface area contributed by atoms with E-state index in [4.69, 9.17) is 10.6 Å². The van der Waals surface area contributed by atoms with E-state index in [0.29, 0.717) is 24.4 Å². The Morgan fingerprint density at radius 1 is 1.44 bits per heavy atom. The number of nitrogen functional groups attached to an aromatic ring is 1. The molecule has 0 bridgehead atoms. The molecule has 0 amide bonds. The molecule has 2 N–H and O–H groups in total. The van der Waals surface area contributed by atoms with Crippen LogP contribution in [0, 0.1) is 6.92 Å². The monoisotopic (exact) mass is 242 g/mol. The van der Waals surface area contributed by atoms with Gasteiger partial charge in [-0.25, -0.2) is 8.42 Å². The summed E-state index contributed by atoms with van der Waals surface area (Å²) in [6.45, 7) is 2.58. The van der Waals surface area contributed by atoms with Crippen molar-refractivity contribution in [1.29, 1.82) is 0 Å². The molecular formula is C10H14N2O3S. The van der Waals surface area contributed by atoms with Gasteiger partial charge in [0.05, 0.1) is 11.5 Å². The topological polar surface area (TPSA) is 72.6 Å². The van der Waals surface area contributed by atoms with Crippen LogP contribution in [-0.4, -0.2) is 26.0 Å². The van der Waals surface area contributed by atoms with Crippen molar-refractivity contribution >= 4 is 15.7 Å². The smallest absolute Gasteiger partial charge is 0.265 e. The van der Waals surface area contributed by atoms with Crippen LogP contribution in [0.3, 0.4) is 0 Å². The molecular weight excluding hydrogens is 228 g/mol. The zero-order valence-corrected chi connectivity index (χ0v) is 9.83. The van der Waals surface area contributed by atoms with E-state index in [2.05, 4.69) is 0 Å². The fraction of sp³-hybridized carbons (Fsp3) is 0.400. The lowest BCUT2D eigenvalue weighted by Gasteiger charge is -2.16. The molecule has 1 aliphatic heterocycles. The summed E-state index contributed by atoms with van der Waals surface area (Å²) in [5.41, 5.74) is 6.70. The largest absolute Gasteiger partial charge is 0.399 e. The van der Waals surface area contributed by atoms with Gasteiger partial charge in [0.25, 0.3) is 10.0 Å². The first-order chi connectivity index (χ1) is 7.51. The average Bonchev–Trinajstić information content (AvgIpc) is 2.75. The summed E-state index contributed by atoms with van der Waals surface area (Å²) in [6, 6.07) is 4.84. The van der Waals surface area contributed by atoms with Crippen molar-refractivity contribution < 1.29 is 13.3 Å². The van der Waals surface area contributed by atoms with Crippen molar-refractivity contribution in [3.8, 4) is 0 Å². The standard InChI is InChI=1S/C10H14N2O3S/c1-8-3-4-9(11)7-10(8)16(13,14)12-5-2-6-15-12/h3-4,7H,2,5-6,11H2,1H3. The minimum absolute atomic E-state index is 0.217. The molecule has 0 atom stereocenters. The van der Waals surface area contributed by atoms with Gasteiger partial charge in [-0.15, -0.1) is 0 Å². The second kappa shape index (κ2) is 4.04. The van der Waals surface area contributed by atoms with Crippen LogP contribution in [0.15, 0.2) is 23.1 Å². The Balaban J connectivity index is 2.46. The summed E-state index contributed by atoms with van der Waals surface area (Å²) in [7, 11) is -3.56. The molecule has 1 fully saturated rings. The lowest BCUT2D eigenvalue weighted by molar-refractivity contribution is -0.0284. The first-order valence-electron chi connectivity index (χ1n) is 5.03. The first-order valence-corrected chi connectivity index (χ1v) is 6.47. The number of rotatable bonds is 2. The van der Waals surface area contributed by atoms with Gasteiger partial charge in [0.2, 0.25) is 0 Å². The fourth-order valence-electron chi connectivity index (χ4n) is 1.62. The maximum absolute atomic E-state index is 12.2. The maximum Gasteiger partial charge on any atom is 0.265 e. The molecule has 1 aromatic carbocycles. The van der Waals surface area contributed by atoms with E-state index in [1.54, 1.807) is 19.1 Å². The van der Waals surface area contributed by atoms with Gasteiger partial charge in [0.1, 0.15) is 0 Å². The molecule has 1 saturated heterocycles. The van der Waals surface area contributed by atoms with Crippen LogP contribution in [-0.2, 0) is 14.9 Å². The summed E-state index contributed by atoms with van der Waals surface area (Å²) < 4.78 is 25.3. The van der Waals surface area contributed by atoms with E-state index in [9.17, 15) is 8.42 Å². The molecule has 1 aromatic rings. The third-order valence-electron chi connectivity index (χ3n) is 2.48. The lowest BCUT2D eigenvalue weighted by Crippen LogP contribution is -2.27. The molecule has 1 heterocycles. The number of sulfonamides is 1. The van der Waals surface area contributed by atoms with Gasteiger partial charge in [0, 0.05) is 12.2 Å². The maximum atomic E-state index is 12.2. The first kappa shape index (κ1) is 11.4. The number of benzene rings is 1. The minimum atomic E-state index is -3.56. The van der Waals surface area contributed by atoms with Gasteiger partial charge in [-0.2, -0.15) is 0 Å². The van der Waals surface area contributed by atoms with Crippen LogP contribution in [0.5, 0.6) is 0 Å². The molecule has 2 rings (SSSR count). The molecule has 88 valence electrons. The highest BCUT2D eigenvalue weighted by Crippen LogP contribution is 2.24. The van der Waals surface area contributed by atoms with Crippen molar-refractivity contribution in [2.45, 2.75) is 18.2 Å². The van der Waals surface area contributed by atoms with E-state index in [-0.39, 0.29) is 4.90 Å². The van der Waals surface area contributed by atoms with E-state index in [0.717, 1.165) is 10.9 Å². The van der Waals surface area contributed by atoms with Crippen molar-refractivity contribution in [2.75, 3.05) is 18.9 Å². The van der Waals surface area contributed by atoms with Gasteiger partial charge in [-0.3, -0.25) is 4.84 Å². The number of hydrogen-bond acceptors (Lipinski definition) is 4. The van der Waals surface area contributed by atoms with E-state index in [1.807, 2.05) is 0 Å². The highest BCUT2D eigenvalue weighted by molar-refractivity contribution is 7.89. The third kappa shape index (κ3) is 1.91. The van der Waals surface area contributed by atoms with Crippen molar-refractivity contribution in [1.82, 2.24) is 4.47 Å². The van der Waals surface area contributed by atoms with Crippen LogP contribution in [0.2, 0.25) is 0 Å². The van der Waals surface area contributed by atoms with Crippen molar-refractivity contribution in [2.24, 2.45) is 0 Å². The average molecular weight is 242 g/mol. The highest BCUT2D eigenvalue weighted by atomic mass is 32.2.